The number of nitrogens with one attached hydrogen (secondary N) is 1. The number of nitrogens with zero attached hydrogens (tertiary/aromatic N) is 2. The highest BCUT2D eigenvalue weighted by atomic mass is 32.1. The molecule has 126 valence electrons. The lowest BCUT2D eigenvalue weighted by atomic mass is 9.49. The first-order valence-electron chi connectivity index (χ1n) is 8.85. The summed E-state index contributed by atoms with van der Waals surface area (Å²) >= 11 is 1.57. The second-order valence-electron chi connectivity index (χ2n) is 7.86. The Hall–Kier alpha value is -1.69. The van der Waals surface area contributed by atoms with Crippen LogP contribution in [0.25, 0.3) is 10.8 Å². The molecule has 4 fully saturated rings. The normalized spacial score (nSPS) is 33.8. The molecular weight excluding hydrogens is 322 g/mol. The lowest BCUT2D eigenvalue weighted by molar-refractivity contribution is -0.146. The Balaban J connectivity index is 1.26. The second kappa shape index (κ2) is 5.41. The van der Waals surface area contributed by atoms with Crippen molar-refractivity contribution in [3.63, 3.8) is 0 Å². The molecule has 0 atom stereocenters. The molecule has 4 aliphatic carbocycles. The third-order valence-electron chi connectivity index (χ3n) is 6.12. The van der Waals surface area contributed by atoms with Gasteiger partial charge in [0.25, 0.3) is 5.89 Å². The Bertz CT molecular complexity index is 717. The Morgan fingerprint density at radius 1 is 1.21 bits per heavy atom. The maximum absolute atomic E-state index is 12.9. The van der Waals surface area contributed by atoms with Crippen LogP contribution >= 0.6 is 11.3 Å². The molecule has 4 aliphatic rings. The lowest BCUT2D eigenvalue weighted by Gasteiger charge is -2.55. The van der Waals surface area contributed by atoms with Crippen LogP contribution in [0, 0.1) is 23.2 Å². The zero-order chi connectivity index (χ0) is 16.1. The Labute approximate surface area is 144 Å². The van der Waals surface area contributed by atoms with Gasteiger partial charge in [0.05, 0.1) is 11.4 Å². The van der Waals surface area contributed by atoms with Gasteiger partial charge in [0, 0.05) is 5.41 Å². The first-order valence-corrected chi connectivity index (χ1v) is 9.73. The van der Waals surface area contributed by atoms with Crippen LogP contribution in [0.4, 0.5) is 0 Å². The fourth-order valence-corrected chi connectivity index (χ4v) is 6.20. The van der Waals surface area contributed by atoms with Crippen LogP contribution in [0.2, 0.25) is 0 Å². The molecule has 0 spiro atoms. The van der Waals surface area contributed by atoms with E-state index in [9.17, 15) is 4.79 Å². The Morgan fingerprint density at radius 3 is 2.54 bits per heavy atom. The average molecular weight is 343 g/mol. The number of hydrogen-bond donors (Lipinski definition) is 1. The predicted octanol–water partition coefficient (Wildman–Crippen LogP) is 3.63. The summed E-state index contributed by atoms with van der Waals surface area (Å²) < 4.78 is 5.67. The lowest BCUT2D eigenvalue weighted by Crippen LogP contribution is -2.53. The minimum absolute atomic E-state index is 0.120. The molecule has 4 saturated carbocycles. The van der Waals surface area contributed by atoms with E-state index in [2.05, 4.69) is 15.5 Å². The first-order chi connectivity index (χ1) is 11.7. The number of carbonyl (C=O) groups is 1. The van der Waals surface area contributed by atoms with E-state index in [-0.39, 0.29) is 11.3 Å². The summed E-state index contributed by atoms with van der Waals surface area (Å²) in [6.07, 6.45) is 7.28. The molecule has 0 radical (unpaired) electrons. The molecule has 5 nitrogen and oxygen atoms in total. The molecule has 0 unspecified atom stereocenters. The molecular formula is C18H21N3O2S. The van der Waals surface area contributed by atoms with Crippen LogP contribution in [0.5, 0.6) is 0 Å². The van der Waals surface area contributed by atoms with Crippen molar-refractivity contribution in [2.24, 2.45) is 23.2 Å². The van der Waals surface area contributed by atoms with Crippen LogP contribution in [0.15, 0.2) is 21.9 Å². The molecule has 6 heteroatoms. The minimum Gasteiger partial charge on any atom is -0.418 e. The quantitative estimate of drug-likeness (QED) is 0.920. The zero-order valence-electron chi connectivity index (χ0n) is 13.5. The van der Waals surface area contributed by atoms with Crippen molar-refractivity contribution in [3.8, 4) is 10.8 Å². The van der Waals surface area contributed by atoms with Crippen LogP contribution in [0.3, 0.4) is 0 Å². The van der Waals surface area contributed by atoms with Crippen molar-refractivity contribution in [1.29, 1.82) is 0 Å². The number of thiophene rings is 1. The van der Waals surface area contributed by atoms with Crippen LogP contribution in [-0.2, 0) is 11.3 Å². The van der Waals surface area contributed by atoms with Crippen molar-refractivity contribution in [2.75, 3.05) is 0 Å². The number of carbonyl (C=O) groups excluding carboxylic acids is 1. The predicted molar refractivity (Wildman–Crippen MR) is 90.1 cm³/mol. The highest BCUT2D eigenvalue weighted by molar-refractivity contribution is 7.13. The molecule has 2 aromatic heterocycles. The van der Waals surface area contributed by atoms with Gasteiger partial charge in [-0.1, -0.05) is 6.07 Å². The molecule has 4 bridgehead atoms. The van der Waals surface area contributed by atoms with Crippen molar-refractivity contribution in [1.82, 2.24) is 15.5 Å². The molecule has 2 aromatic rings. The molecule has 6 rings (SSSR count). The van der Waals surface area contributed by atoms with Crippen molar-refractivity contribution in [2.45, 2.75) is 45.1 Å². The smallest absolute Gasteiger partial charge is 0.257 e. The number of aromatic nitrogens is 2. The van der Waals surface area contributed by atoms with Gasteiger partial charge in [-0.05, 0) is 67.7 Å². The topological polar surface area (TPSA) is 68.0 Å². The van der Waals surface area contributed by atoms with E-state index < -0.39 is 0 Å². The number of rotatable bonds is 4. The highest BCUT2D eigenvalue weighted by Gasteiger charge is 2.54. The van der Waals surface area contributed by atoms with Gasteiger partial charge in [-0.2, -0.15) is 0 Å². The van der Waals surface area contributed by atoms with E-state index >= 15 is 0 Å². The van der Waals surface area contributed by atoms with Crippen LogP contribution < -0.4 is 5.32 Å². The maximum atomic E-state index is 12.9. The van der Waals surface area contributed by atoms with Gasteiger partial charge in [0.1, 0.15) is 0 Å². The van der Waals surface area contributed by atoms with E-state index in [1.807, 2.05) is 17.5 Å². The minimum atomic E-state index is -0.120. The van der Waals surface area contributed by atoms with Gasteiger partial charge in [-0.3, -0.25) is 4.79 Å². The van der Waals surface area contributed by atoms with Crippen molar-refractivity contribution in [3.05, 3.63) is 23.4 Å². The molecule has 1 N–H and O–H groups in total. The van der Waals surface area contributed by atoms with Crippen LogP contribution in [0.1, 0.15) is 44.4 Å². The van der Waals surface area contributed by atoms with E-state index in [0.29, 0.717) is 18.3 Å². The molecule has 0 saturated heterocycles. The summed E-state index contributed by atoms with van der Waals surface area (Å²) in [7, 11) is 0. The third-order valence-corrected chi connectivity index (χ3v) is 6.98. The summed E-state index contributed by atoms with van der Waals surface area (Å²) in [5.41, 5.74) is -0.120. The van der Waals surface area contributed by atoms with E-state index in [0.717, 1.165) is 41.9 Å². The monoisotopic (exact) mass is 343 g/mol. The second-order valence-corrected chi connectivity index (χ2v) is 8.81. The summed E-state index contributed by atoms with van der Waals surface area (Å²) in [5, 5.41) is 13.2. The van der Waals surface area contributed by atoms with Crippen LogP contribution in [-0.4, -0.2) is 16.1 Å². The standard InChI is InChI=1S/C18H21N3O2S/c22-17(18-7-11-4-12(8-18)6-13(5-11)9-18)19-10-15-20-21-16(23-15)14-2-1-3-24-14/h1-3,11-13H,4-10H2,(H,19,22). The molecule has 2 heterocycles. The van der Waals surface area contributed by atoms with E-state index in [1.54, 1.807) is 11.3 Å². The number of amides is 1. The summed E-state index contributed by atoms with van der Waals surface area (Å²) in [5.74, 6) is 3.54. The van der Waals surface area contributed by atoms with Gasteiger partial charge in [0.2, 0.25) is 11.8 Å². The fourth-order valence-electron chi connectivity index (χ4n) is 5.56. The van der Waals surface area contributed by atoms with Gasteiger partial charge in [-0.15, -0.1) is 21.5 Å². The summed E-state index contributed by atoms with van der Waals surface area (Å²) in [4.78, 5) is 13.9. The van der Waals surface area contributed by atoms with E-state index in [1.165, 1.54) is 19.3 Å². The van der Waals surface area contributed by atoms with Gasteiger partial charge in [-0.25, -0.2) is 0 Å². The molecule has 0 aliphatic heterocycles. The third kappa shape index (κ3) is 2.39. The SMILES string of the molecule is O=C(NCc1nnc(-c2cccs2)o1)C12CC3CC(CC(C3)C1)C2. The van der Waals surface area contributed by atoms with Crippen molar-refractivity contribution < 1.29 is 9.21 Å². The Kier molecular flexibility index (Phi) is 3.30. The summed E-state index contributed by atoms with van der Waals surface area (Å²) in [6, 6.07) is 3.91. The maximum Gasteiger partial charge on any atom is 0.257 e. The fraction of sp³-hybridized carbons (Fsp3) is 0.611. The highest BCUT2D eigenvalue weighted by Crippen LogP contribution is 2.60. The van der Waals surface area contributed by atoms with Gasteiger partial charge < -0.3 is 9.73 Å². The molecule has 0 aromatic carbocycles. The molecule has 1 amide bonds. The van der Waals surface area contributed by atoms with Gasteiger partial charge in [0.15, 0.2) is 0 Å². The number of hydrogen-bond acceptors (Lipinski definition) is 5. The van der Waals surface area contributed by atoms with Gasteiger partial charge >= 0.3 is 0 Å². The average Bonchev–Trinajstić information content (AvgIpc) is 3.22. The van der Waals surface area contributed by atoms with Crippen molar-refractivity contribution >= 4 is 17.2 Å². The molecule has 24 heavy (non-hydrogen) atoms. The Morgan fingerprint density at radius 2 is 1.92 bits per heavy atom. The largest absolute Gasteiger partial charge is 0.418 e. The van der Waals surface area contributed by atoms with E-state index in [4.69, 9.17) is 4.42 Å². The summed E-state index contributed by atoms with van der Waals surface area (Å²) in [6.45, 7) is 0.332. The zero-order valence-corrected chi connectivity index (χ0v) is 14.3. The first kappa shape index (κ1) is 14.6.